The summed E-state index contributed by atoms with van der Waals surface area (Å²) in [6.45, 7) is 3.88. The number of hydrogen-bond acceptors (Lipinski definition) is 5. The topological polar surface area (TPSA) is 79.2 Å². The summed E-state index contributed by atoms with van der Waals surface area (Å²) in [5, 5.41) is 19.3. The van der Waals surface area contributed by atoms with Crippen molar-refractivity contribution in [3.05, 3.63) is 35.9 Å². The predicted molar refractivity (Wildman–Crippen MR) is 86.0 cm³/mol. The minimum absolute atomic E-state index is 0.119. The van der Waals surface area contributed by atoms with E-state index in [0.717, 1.165) is 5.56 Å². The van der Waals surface area contributed by atoms with Crippen LogP contribution in [0, 0.1) is 0 Å². The van der Waals surface area contributed by atoms with Crippen LogP contribution in [0.25, 0.3) is 0 Å². The summed E-state index contributed by atoms with van der Waals surface area (Å²) >= 11 is 0. The average molecular weight is 321 g/mol. The number of nitrogens with zero attached hydrogens (tertiary/aromatic N) is 1. The Morgan fingerprint density at radius 2 is 2.17 bits per heavy atom. The molecule has 1 heterocycles. The van der Waals surface area contributed by atoms with Crippen molar-refractivity contribution in [2.24, 2.45) is 0 Å². The van der Waals surface area contributed by atoms with Crippen LogP contribution in [0.3, 0.4) is 0 Å². The van der Waals surface area contributed by atoms with Gasteiger partial charge in [0.05, 0.1) is 27.4 Å². The second-order valence-electron chi connectivity index (χ2n) is 5.72. The number of hydrogen-bond donors (Lipinski definition) is 2. The fourth-order valence-electron chi connectivity index (χ4n) is 2.82. The van der Waals surface area contributed by atoms with Crippen molar-refractivity contribution in [1.29, 1.82) is 0 Å². The van der Waals surface area contributed by atoms with Gasteiger partial charge in [-0.2, -0.15) is 0 Å². The highest BCUT2D eigenvalue weighted by Gasteiger charge is 2.38. The molecule has 1 saturated heterocycles. The van der Waals surface area contributed by atoms with E-state index in [4.69, 9.17) is 9.47 Å². The third-order valence-corrected chi connectivity index (χ3v) is 4.08. The summed E-state index contributed by atoms with van der Waals surface area (Å²) in [5.41, 5.74) is 0.0550. The van der Waals surface area contributed by atoms with Gasteiger partial charge in [-0.15, -0.1) is 6.58 Å². The standard InChI is InChI=1S/C17H23NO5/c1-4-5-12-8-13(9-14(22-2)15(12)23-3)16(20)18-7-6-17(21,10-18)11-19/h4,8-9,19,21H,1,5-7,10-11H2,2-3H3. The molecular weight excluding hydrogens is 298 g/mol. The van der Waals surface area contributed by atoms with Crippen LogP contribution in [0.2, 0.25) is 0 Å². The molecule has 1 aliphatic rings. The highest BCUT2D eigenvalue weighted by atomic mass is 16.5. The summed E-state index contributed by atoms with van der Waals surface area (Å²) in [6, 6.07) is 3.38. The Labute approximate surface area is 135 Å². The highest BCUT2D eigenvalue weighted by Crippen LogP contribution is 2.34. The van der Waals surface area contributed by atoms with Gasteiger partial charge in [0.25, 0.3) is 5.91 Å². The number of methoxy groups -OCH3 is 2. The van der Waals surface area contributed by atoms with Crippen molar-refractivity contribution in [3.63, 3.8) is 0 Å². The summed E-state index contributed by atoms with van der Waals surface area (Å²) in [6.07, 6.45) is 2.63. The van der Waals surface area contributed by atoms with Crippen LogP contribution in [0.5, 0.6) is 11.5 Å². The van der Waals surface area contributed by atoms with Crippen molar-refractivity contribution in [3.8, 4) is 11.5 Å². The number of aliphatic hydroxyl groups excluding tert-OH is 1. The van der Waals surface area contributed by atoms with Crippen LogP contribution < -0.4 is 9.47 Å². The number of likely N-dealkylation sites (tertiary alicyclic amines) is 1. The monoisotopic (exact) mass is 321 g/mol. The van der Waals surface area contributed by atoms with Gasteiger partial charge in [-0.05, 0) is 25.0 Å². The first-order valence-corrected chi connectivity index (χ1v) is 7.46. The number of β-amino-alcohol motifs (C(OH)–C–C–N with tert-alkyl or cyclic N) is 1. The van der Waals surface area contributed by atoms with Gasteiger partial charge in [0.1, 0.15) is 5.60 Å². The lowest BCUT2D eigenvalue weighted by Crippen LogP contribution is -2.38. The van der Waals surface area contributed by atoms with Crippen LogP contribution in [-0.4, -0.2) is 60.5 Å². The maximum absolute atomic E-state index is 12.7. The number of benzene rings is 1. The second kappa shape index (κ2) is 7.02. The van der Waals surface area contributed by atoms with E-state index in [1.54, 1.807) is 25.3 Å². The molecule has 0 aliphatic carbocycles. The van der Waals surface area contributed by atoms with Gasteiger partial charge >= 0.3 is 0 Å². The third-order valence-electron chi connectivity index (χ3n) is 4.08. The van der Waals surface area contributed by atoms with Gasteiger partial charge in [-0.1, -0.05) is 6.08 Å². The summed E-state index contributed by atoms with van der Waals surface area (Å²) in [4.78, 5) is 14.2. The molecule has 1 aliphatic heterocycles. The van der Waals surface area contributed by atoms with Crippen molar-refractivity contribution in [2.45, 2.75) is 18.4 Å². The van der Waals surface area contributed by atoms with E-state index in [-0.39, 0.29) is 19.1 Å². The van der Waals surface area contributed by atoms with Crippen LogP contribution in [0.1, 0.15) is 22.3 Å². The van der Waals surface area contributed by atoms with Gasteiger partial charge in [0, 0.05) is 17.7 Å². The largest absolute Gasteiger partial charge is 0.493 e. The Balaban J connectivity index is 2.34. The highest BCUT2D eigenvalue weighted by molar-refractivity contribution is 5.95. The molecular formula is C17H23NO5. The molecule has 126 valence electrons. The number of carbonyl (C=O) groups excluding carboxylic acids is 1. The maximum Gasteiger partial charge on any atom is 0.254 e. The molecule has 0 aromatic heterocycles. The van der Waals surface area contributed by atoms with Crippen molar-refractivity contribution in [2.75, 3.05) is 33.9 Å². The zero-order valence-corrected chi connectivity index (χ0v) is 13.5. The number of aliphatic hydroxyl groups is 2. The second-order valence-corrected chi connectivity index (χ2v) is 5.72. The van der Waals surface area contributed by atoms with Crippen LogP contribution in [0.4, 0.5) is 0 Å². The quantitative estimate of drug-likeness (QED) is 0.764. The summed E-state index contributed by atoms with van der Waals surface area (Å²) in [5.74, 6) is 0.852. The van der Waals surface area contributed by atoms with E-state index < -0.39 is 5.60 Å². The number of amides is 1. The lowest BCUT2D eigenvalue weighted by Gasteiger charge is -2.22. The predicted octanol–water partition coefficient (Wildman–Crippen LogP) is 1.00. The molecule has 2 N–H and O–H groups in total. The Morgan fingerprint density at radius 1 is 1.43 bits per heavy atom. The van der Waals surface area contributed by atoms with E-state index >= 15 is 0 Å². The zero-order valence-electron chi connectivity index (χ0n) is 13.5. The zero-order chi connectivity index (χ0) is 17.0. The van der Waals surface area contributed by atoms with Gasteiger partial charge in [-0.25, -0.2) is 0 Å². The van der Waals surface area contributed by atoms with E-state index in [1.807, 2.05) is 0 Å². The minimum Gasteiger partial charge on any atom is -0.493 e. The molecule has 1 fully saturated rings. The molecule has 1 atom stereocenters. The Bertz CT molecular complexity index is 601. The summed E-state index contributed by atoms with van der Waals surface area (Å²) in [7, 11) is 3.07. The van der Waals surface area contributed by atoms with Crippen molar-refractivity contribution in [1.82, 2.24) is 4.90 Å². The first-order chi connectivity index (χ1) is 11.0. The molecule has 1 unspecified atom stereocenters. The maximum atomic E-state index is 12.7. The molecule has 0 bridgehead atoms. The molecule has 1 aromatic rings. The molecule has 0 radical (unpaired) electrons. The van der Waals surface area contributed by atoms with Crippen molar-refractivity contribution >= 4 is 5.91 Å². The Kier molecular flexibility index (Phi) is 5.28. The Hall–Kier alpha value is -2.05. The molecule has 1 aromatic carbocycles. The number of ether oxygens (including phenoxy) is 2. The first-order valence-electron chi connectivity index (χ1n) is 7.46. The lowest BCUT2D eigenvalue weighted by atomic mass is 10.0. The van der Waals surface area contributed by atoms with Crippen LogP contribution in [-0.2, 0) is 6.42 Å². The number of carbonyl (C=O) groups is 1. The molecule has 6 heteroatoms. The molecule has 1 amide bonds. The fourth-order valence-corrected chi connectivity index (χ4v) is 2.82. The number of allylic oxidation sites excluding steroid dienone is 1. The summed E-state index contributed by atoms with van der Waals surface area (Å²) < 4.78 is 10.7. The normalized spacial score (nSPS) is 20.4. The first kappa shape index (κ1) is 17.3. The fraction of sp³-hybridized carbons (Fsp3) is 0.471. The van der Waals surface area contributed by atoms with Gasteiger partial charge in [-0.3, -0.25) is 4.79 Å². The Morgan fingerprint density at radius 3 is 2.70 bits per heavy atom. The molecule has 0 saturated carbocycles. The molecule has 23 heavy (non-hydrogen) atoms. The third kappa shape index (κ3) is 3.48. The van der Waals surface area contributed by atoms with Gasteiger partial charge in [0.15, 0.2) is 11.5 Å². The van der Waals surface area contributed by atoms with Crippen LogP contribution in [0.15, 0.2) is 24.8 Å². The smallest absolute Gasteiger partial charge is 0.254 e. The number of rotatable bonds is 6. The van der Waals surface area contributed by atoms with E-state index in [1.165, 1.54) is 12.0 Å². The molecule has 0 spiro atoms. The van der Waals surface area contributed by atoms with Crippen LogP contribution >= 0.6 is 0 Å². The van der Waals surface area contributed by atoms with Gasteiger partial charge < -0.3 is 24.6 Å². The lowest BCUT2D eigenvalue weighted by molar-refractivity contribution is -0.00455. The van der Waals surface area contributed by atoms with E-state index in [0.29, 0.717) is 36.4 Å². The van der Waals surface area contributed by atoms with E-state index in [9.17, 15) is 15.0 Å². The SMILES string of the molecule is C=CCc1cc(C(=O)N2CCC(O)(CO)C2)cc(OC)c1OC. The minimum atomic E-state index is -1.21. The molecule has 6 nitrogen and oxygen atoms in total. The van der Waals surface area contributed by atoms with Gasteiger partial charge in [0.2, 0.25) is 0 Å². The van der Waals surface area contributed by atoms with E-state index in [2.05, 4.69) is 6.58 Å². The molecule has 2 rings (SSSR count). The van der Waals surface area contributed by atoms with Crippen molar-refractivity contribution < 1.29 is 24.5 Å². The average Bonchev–Trinajstić information content (AvgIpc) is 2.96.